The summed E-state index contributed by atoms with van der Waals surface area (Å²) in [6.45, 7) is 34.3. The fourth-order valence-corrected chi connectivity index (χ4v) is 7.58. The molecule has 0 aromatic carbocycles. The van der Waals surface area contributed by atoms with Crippen LogP contribution in [0.4, 0.5) is 0 Å². The van der Waals surface area contributed by atoms with Crippen molar-refractivity contribution in [1.82, 2.24) is 0 Å². The fraction of sp³-hybridized carbons (Fsp3) is 0.920. The molecule has 0 bridgehead atoms. The van der Waals surface area contributed by atoms with E-state index in [1.807, 2.05) is 0 Å². The van der Waals surface area contributed by atoms with E-state index in [0.717, 1.165) is 4.48 Å². The van der Waals surface area contributed by atoms with E-state index in [0.29, 0.717) is 0 Å². The molecule has 0 aromatic rings. The van der Waals surface area contributed by atoms with Gasteiger partial charge < -0.3 is 18.0 Å². The molecule has 4 atom stereocenters. The molecule has 0 aliphatic heterocycles. The highest BCUT2D eigenvalue weighted by Gasteiger charge is 2.52. The van der Waals surface area contributed by atoms with Gasteiger partial charge in [0.15, 0.2) is 25.0 Å². The Kier molecular flexibility index (Phi) is 9.84. The van der Waals surface area contributed by atoms with Crippen LogP contribution in [0.2, 0.25) is 54.4 Å². The van der Waals surface area contributed by atoms with Gasteiger partial charge in [0, 0.05) is 11.6 Å². The molecule has 0 amide bonds. The normalized spacial score (nSPS) is 26.4. The third-order valence-corrected chi connectivity index (χ3v) is 22.6. The zero-order valence-electron chi connectivity index (χ0n) is 24.4. The molecule has 0 saturated carbocycles. The highest BCUT2D eigenvalue weighted by atomic mass is 79.9. The molecule has 0 aromatic heterocycles. The van der Waals surface area contributed by atoms with Crippen LogP contribution in [-0.2, 0) is 18.0 Å². The van der Waals surface area contributed by atoms with Gasteiger partial charge >= 0.3 is 0 Å². The van der Waals surface area contributed by atoms with E-state index < -0.39 is 25.0 Å². The summed E-state index contributed by atoms with van der Waals surface area (Å²) in [5.41, 5.74) is 0. The van der Waals surface area contributed by atoms with Gasteiger partial charge in [-0.15, -0.1) is 0 Å². The van der Waals surface area contributed by atoms with E-state index in [9.17, 15) is 0 Å². The van der Waals surface area contributed by atoms with Crippen LogP contribution >= 0.6 is 15.9 Å². The second kappa shape index (κ2) is 10.2. The third kappa shape index (κ3) is 7.37. The molecule has 196 valence electrons. The Morgan fingerprint density at radius 1 is 0.636 bits per heavy atom. The largest absolute Gasteiger partial charge is 0.408 e. The second-order valence-electron chi connectivity index (χ2n) is 14.2. The summed E-state index contributed by atoms with van der Waals surface area (Å²) >= 11 is 3.87. The van der Waals surface area contributed by atoms with E-state index in [-0.39, 0.29) is 39.5 Å². The van der Waals surface area contributed by atoms with Gasteiger partial charge in [0.1, 0.15) is 18.3 Å². The molecule has 0 fully saturated rings. The lowest BCUT2D eigenvalue weighted by molar-refractivity contribution is -0.0942. The average molecular weight is 582 g/mol. The average Bonchev–Trinajstić information content (AvgIpc) is 2.55. The first kappa shape index (κ1) is 31.7. The highest BCUT2D eigenvalue weighted by Crippen LogP contribution is 2.46. The van der Waals surface area contributed by atoms with Gasteiger partial charge in [-0.2, -0.15) is 0 Å². The highest BCUT2D eigenvalue weighted by molar-refractivity contribution is 9.11. The lowest BCUT2D eigenvalue weighted by atomic mass is 9.96. The molecule has 0 N–H and O–H groups in total. The van der Waals surface area contributed by atoms with Crippen LogP contribution in [0.5, 0.6) is 0 Å². The summed E-state index contributed by atoms with van der Waals surface area (Å²) < 4.78 is 28.2. The number of rotatable bonds is 7. The van der Waals surface area contributed by atoms with Crippen molar-refractivity contribution >= 4 is 40.9 Å². The zero-order valence-corrected chi connectivity index (χ0v) is 29.0. The van der Waals surface area contributed by atoms with E-state index >= 15 is 0 Å². The molecule has 0 unspecified atom stereocenters. The maximum atomic E-state index is 7.08. The van der Waals surface area contributed by atoms with Gasteiger partial charge in [-0.1, -0.05) is 78.2 Å². The lowest BCUT2D eigenvalue weighted by Crippen LogP contribution is -2.61. The molecule has 33 heavy (non-hydrogen) atoms. The number of halogens is 1. The van der Waals surface area contributed by atoms with Crippen molar-refractivity contribution in [3.63, 3.8) is 0 Å². The van der Waals surface area contributed by atoms with Crippen molar-refractivity contribution < 1.29 is 18.0 Å². The molecule has 8 heteroatoms. The van der Waals surface area contributed by atoms with E-state index in [1.54, 1.807) is 7.11 Å². The van der Waals surface area contributed by atoms with E-state index in [1.165, 1.54) is 0 Å². The molecule has 0 radical (unpaired) electrons. The van der Waals surface area contributed by atoms with Crippen molar-refractivity contribution in [1.29, 1.82) is 0 Å². The standard InChI is InChI=1S/C25H53BrO4Si3/c1-23(2,3)31(11,12)28-19-17-18(26)20(29-32(13,14)24(4,5)6)22(27-10)21(19)30-33(15,16)25(7,8)9/h17,19-22H,1-16H3/t19-,20+,21+,22+/m0/s1. The molecule has 0 heterocycles. The predicted molar refractivity (Wildman–Crippen MR) is 154 cm³/mol. The molecular weight excluding hydrogens is 528 g/mol. The summed E-state index contributed by atoms with van der Waals surface area (Å²) in [6, 6.07) is 0. The molecule has 1 rings (SSSR count). The van der Waals surface area contributed by atoms with Crippen LogP contribution in [0.3, 0.4) is 0 Å². The maximum Gasteiger partial charge on any atom is 0.193 e. The number of hydrogen-bond donors (Lipinski definition) is 0. The smallest absolute Gasteiger partial charge is 0.193 e. The minimum absolute atomic E-state index is 0.0843. The minimum atomic E-state index is -2.09. The Hall–Kier alpha value is 0.711. The molecule has 1 aliphatic rings. The van der Waals surface area contributed by atoms with Gasteiger partial charge in [-0.25, -0.2) is 0 Å². The number of methoxy groups -OCH3 is 1. The van der Waals surface area contributed by atoms with Gasteiger partial charge in [0.05, 0.1) is 6.10 Å². The van der Waals surface area contributed by atoms with Gasteiger partial charge in [0.2, 0.25) is 0 Å². The SMILES string of the molecule is CO[C@H]1[C@H](O[Si](C)(C)C(C)(C)C)[C@@H](O[Si](C)(C)C(C)(C)C)C=C(Br)[C@H]1O[Si](C)(C)C(C)(C)C. The first-order chi connectivity index (χ1) is 14.4. The van der Waals surface area contributed by atoms with Gasteiger partial charge in [-0.05, 0) is 60.5 Å². The van der Waals surface area contributed by atoms with Crippen molar-refractivity contribution in [2.24, 2.45) is 0 Å². The lowest BCUT2D eigenvalue weighted by Gasteiger charge is -2.50. The Balaban J connectivity index is 3.55. The van der Waals surface area contributed by atoms with E-state index in [4.69, 9.17) is 18.0 Å². The van der Waals surface area contributed by atoms with Crippen LogP contribution < -0.4 is 0 Å². The second-order valence-corrected chi connectivity index (χ2v) is 29.4. The summed E-state index contributed by atoms with van der Waals surface area (Å²) in [4.78, 5) is 0. The molecular formula is C25H53BrO4Si3. The van der Waals surface area contributed by atoms with Crippen molar-refractivity contribution in [3.05, 3.63) is 10.6 Å². The maximum absolute atomic E-state index is 7.08. The molecule has 1 aliphatic carbocycles. The first-order valence-corrected chi connectivity index (χ1v) is 21.8. The summed E-state index contributed by atoms with van der Waals surface area (Å²) in [5.74, 6) is 0. The minimum Gasteiger partial charge on any atom is -0.408 e. The monoisotopic (exact) mass is 580 g/mol. The molecule has 0 saturated heterocycles. The predicted octanol–water partition coefficient (Wildman–Crippen LogP) is 8.47. The topological polar surface area (TPSA) is 36.9 Å². The summed E-state index contributed by atoms with van der Waals surface area (Å²) in [6.07, 6.45) is 1.35. The van der Waals surface area contributed by atoms with Crippen LogP contribution in [-0.4, -0.2) is 56.5 Å². The quantitative estimate of drug-likeness (QED) is 0.283. The number of hydrogen-bond acceptors (Lipinski definition) is 4. The molecule has 4 nitrogen and oxygen atoms in total. The van der Waals surface area contributed by atoms with Crippen molar-refractivity contribution in [2.75, 3.05) is 7.11 Å². The summed E-state index contributed by atoms with van der Waals surface area (Å²) in [7, 11) is -4.40. The zero-order chi connectivity index (χ0) is 26.4. The summed E-state index contributed by atoms with van der Waals surface area (Å²) in [5, 5.41) is 0.287. The van der Waals surface area contributed by atoms with Gasteiger partial charge in [0.25, 0.3) is 0 Å². The molecule has 0 spiro atoms. The van der Waals surface area contributed by atoms with Gasteiger partial charge in [-0.3, -0.25) is 0 Å². The van der Waals surface area contributed by atoms with Crippen LogP contribution in [0.15, 0.2) is 10.6 Å². The Morgan fingerprint density at radius 2 is 1.00 bits per heavy atom. The Labute approximate surface area is 217 Å². The van der Waals surface area contributed by atoms with Crippen LogP contribution in [0.25, 0.3) is 0 Å². The van der Waals surface area contributed by atoms with Crippen LogP contribution in [0, 0.1) is 0 Å². The van der Waals surface area contributed by atoms with Crippen LogP contribution in [0.1, 0.15) is 62.3 Å². The first-order valence-electron chi connectivity index (χ1n) is 12.3. The Morgan fingerprint density at radius 3 is 1.36 bits per heavy atom. The third-order valence-electron chi connectivity index (χ3n) is 8.52. The fourth-order valence-electron chi connectivity index (χ4n) is 3.01. The van der Waals surface area contributed by atoms with E-state index in [2.05, 4.69) is 124 Å². The van der Waals surface area contributed by atoms with Crippen molar-refractivity contribution in [3.8, 4) is 0 Å². The Bertz CT molecular complexity index is 700. The number of ether oxygens (including phenoxy) is 1. The van der Waals surface area contributed by atoms with Crippen molar-refractivity contribution in [2.45, 2.75) is 141 Å².